The molecule has 0 fully saturated rings. The molecule has 0 heterocycles. The van der Waals surface area contributed by atoms with E-state index in [1.807, 2.05) is 19.1 Å². The Morgan fingerprint density at radius 2 is 1.28 bits per heavy atom. The van der Waals surface area contributed by atoms with Crippen molar-refractivity contribution in [3.8, 4) is 11.5 Å². The standard InChI is InChI=1S/C23H29O5P/c1-7-27-18-11-10-12-19(28-8-2)21(18)23(25)29(26,9-3)22(24)20-16(5)13-15(4)14-17(20)6/h10-14H,7-9H2,1-6H3. The van der Waals surface area contributed by atoms with Crippen molar-refractivity contribution in [2.45, 2.75) is 41.5 Å². The van der Waals surface area contributed by atoms with Gasteiger partial charge in [0, 0.05) is 11.7 Å². The summed E-state index contributed by atoms with van der Waals surface area (Å²) in [5, 5.41) is 0. The molecule has 0 aliphatic rings. The summed E-state index contributed by atoms with van der Waals surface area (Å²) in [6.45, 7) is 11.4. The lowest BCUT2D eigenvalue weighted by Crippen LogP contribution is -2.17. The number of carbonyl (C=O) groups is 2. The van der Waals surface area contributed by atoms with Gasteiger partial charge in [-0.3, -0.25) is 9.59 Å². The first kappa shape index (κ1) is 22.9. The lowest BCUT2D eigenvalue weighted by Gasteiger charge is -2.20. The highest BCUT2D eigenvalue weighted by Gasteiger charge is 2.42. The van der Waals surface area contributed by atoms with Crippen molar-refractivity contribution in [2.24, 2.45) is 0 Å². The Hall–Kier alpha value is -2.39. The van der Waals surface area contributed by atoms with Crippen LogP contribution in [0.5, 0.6) is 11.5 Å². The Kier molecular flexibility index (Phi) is 7.43. The summed E-state index contributed by atoms with van der Waals surface area (Å²) in [5.41, 5.74) is 1.58. The molecule has 5 nitrogen and oxygen atoms in total. The minimum absolute atomic E-state index is 0.0660. The quantitative estimate of drug-likeness (QED) is 0.485. The topological polar surface area (TPSA) is 69.7 Å². The molecule has 156 valence electrons. The molecule has 2 aromatic rings. The zero-order valence-corrected chi connectivity index (χ0v) is 18.9. The van der Waals surface area contributed by atoms with Crippen molar-refractivity contribution in [1.29, 1.82) is 0 Å². The zero-order chi connectivity index (χ0) is 21.8. The molecule has 0 aliphatic carbocycles. The third-order valence-corrected chi connectivity index (χ3v) is 7.44. The molecule has 0 amide bonds. The van der Waals surface area contributed by atoms with E-state index in [2.05, 4.69) is 0 Å². The Morgan fingerprint density at radius 3 is 1.69 bits per heavy atom. The van der Waals surface area contributed by atoms with Crippen molar-refractivity contribution in [1.82, 2.24) is 0 Å². The van der Waals surface area contributed by atoms with Crippen LogP contribution < -0.4 is 9.47 Å². The molecule has 0 saturated heterocycles. The molecule has 0 radical (unpaired) electrons. The van der Waals surface area contributed by atoms with E-state index < -0.39 is 18.2 Å². The molecule has 2 rings (SSSR count). The van der Waals surface area contributed by atoms with Gasteiger partial charge in [0.2, 0.25) is 18.2 Å². The molecule has 0 aliphatic heterocycles. The van der Waals surface area contributed by atoms with Gasteiger partial charge >= 0.3 is 0 Å². The summed E-state index contributed by atoms with van der Waals surface area (Å²) in [4.78, 5) is 27.0. The van der Waals surface area contributed by atoms with E-state index in [-0.39, 0.29) is 23.2 Å². The van der Waals surface area contributed by atoms with Crippen LogP contribution in [0.3, 0.4) is 0 Å². The van der Waals surface area contributed by atoms with Crippen LogP contribution >= 0.6 is 7.14 Å². The highest BCUT2D eigenvalue weighted by atomic mass is 31.2. The van der Waals surface area contributed by atoms with Gasteiger partial charge in [0.15, 0.2) is 0 Å². The predicted octanol–water partition coefficient (Wildman–Crippen LogP) is 5.77. The van der Waals surface area contributed by atoms with Gasteiger partial charge in [-0.25, -0.2) is 0 Å². The van der Waals surface area contributed by atoms with Gasteiger partial charge in [-0.1, -0.05) is 30.7 Å². The predicted molar refractivity (Wildman–Crippen MR) is 116 cm³/mol. The lowest BCUT2D eigenvalue weighted by molar-refractivity contribution is 0.103. The number of benzene rings is 2. The second kappa shape index (κ2) is 9.41. The summed E-state index contributed by atoms with van der Waals surface area (Å²) in [6, 6.07) is 8.70. The first-order chi connectivity index (χ1) is 13.7. The smallest absolute Gasteiger partial charge is 0.236 e. The highest BCUT2D eigenvalue weighted by Crippen LogP contribution is 2.54. The van der Waals surface area contributed by atoms with Crippen LogP contribution in [0.2, 0.25) is 0 Å². The van der Waals surface area contributed by atoms with Gasteiger partial charge in [0.1, 0.15) is 17.1 Å². The van der Waals surface area contributed by atoms with Crippen molar-refractivity contribution >= 4 is 18.2 Å². The molecule has 0 bridgehead atoms. The molecular weight excluding hydrogens is 387 g/mol. The summed E-state index contributed by atoms with van der Waals surface area (Å²) in [7, 11) is -3.93. The van der Waals surface area contributed by atoms with Crippen LogP contribution in [0.25, 0.3) is 0 Å². The van der Waals surface area contributed by atoms with Crippen LogP contribution in [-0.4, -0.2) is 30.4 Å². The Bertz CT molecular complexity index is 930. The minimum atomic E-state index is -3.93. The Balaban J connectivity index is 2.66. The summed E-state index contributed by atoms with van der Waals surface area (Å²) < 4.78 is 25.1. The fraction of sp³-hybridized carbons (Fsp3) is 0.391. The Labute approximate surface area is 172 Å². The van der Waals surface area contributed by atoms with Gasteiger partial charge in [-0.05, 0) is 57.9 Å². The fourth-order valence-corrected chi connectivity index (χ4v) is 5.59. The number of rotatable bonds is 9. The first-order valence-electron chi connectivity index (χ1n) is 9.86. The average molecular weight is 416 g/mol. The molecule has 0 spiro atoms. The molecule has 29 heavy (non-hydrogen) atoms. The van der Waals surface area contributed by atoms with Gasteiger partial charge < -0.3 is 14.0 Å². The minimum Gasteiger partial charge on any atom is -0.493 e. The van der Waals surface area contributed by atoms with Gasteiger partial charge in [-0.15, -0.1) is 0 Å². The number of hydrogen-bond acceptors (Lipinski definition) is 5. The number of aryl methyl sites for hydroxylation is 3. The molecule has 1 unspecified atom stereocenters. The third-order valence-electron chi connectivity index (χ3n) is 4.79. The van der Waals surface area contributed by atoms with Crippen molar-refractivity contribution in [2.75, 3.05) is 19.4 Å². The van der Waals surface area contributed by atoms with Crippen molar-refractivity contribution in [3.05, 3.63) is 58.1 Å². The van der Waals surface area contributed by atoms with Gasteiger partial charge in [0.25, 0.3) is 0 Å². The molecular formula is C23H29O5P. The highest BCUT2D eigenvalue weighted by molar-refractivity contribution is 7.95. The molecule has 0 N–H and O–H groups in total. The molecule has 0 aromatic heterocycles. The van der Waals surface area contributed by atoms with Crippen LogP contribution in [0.4, 0.5) is 0 Å². The molecule has 6 heteroatoms. The number of hydrogen-bond donors (Lipinski definition) is 0. The van der Waals surface area contributed by atoms with Gasteiger partial charge in [0.05, 0.1) is 13.2 Å². The summed E-state index contributed by atoms with van der Waals surface area (Å²) >= 11 is 0. The van der Waals surface area contributed by atoms with E-state index >= 15 is 0 Å². The normalized spacial score (nSPS) is 12.9. The summed E-state index contributed by atoms with van der Waals surface area (Å²) in [6.07, 6.45) is -0.0660. The van der Waals surface area contributed by atoms with E-state index in [9.17, 15) is 14.2 Å². The van der Waals surface area contributed by atoms with E-state index in [0.717, 1.165) is 16.7 Å². The van der Waals surface area contributed by atoms with Crippen LogP contribution in [-0.2, 0) is 4.57 Å². The monoisotopic (exact) mass is 416 g/mol. The van der Waals surface area contributed by atoms with E-state index in [1.165, 1.54) is 0 Å². The fourth-order valence-electron chi connectivity index (χ4n) is 3.53. The van der Waals surface area contributed by atoms with Gasteiger partial charge in [-0.2, -0.15) is 0 Å². The summed E-state index contributed by atoms with van der Waals surface area (Å²) in [5.74, 6) is 0.560. The SMILES string of the molecule is CCOc1cccc(OCC)c1C(=O)P(=O)(CC)C(=O)c1c(C)cc(C)cc1C. The Morgan fingerprint density at radius 1 is 0.828 bits per heavy atom. The van der Waals surface area contributed by atoms with E-state index in [1.54, 1.807) is 52.8 Å². The second-order valence-electron chi connectivity index (χ2n) is 6.94. The van der Waals surface area contributed by atoms with Crippen LogP contribution in [0.15, 0.2) is 30.3 Å². The maximum absolute atomic E-state index is 13.9. The van der Waals surface area contributed by atoms with Crippen molar-refractivity contribution in [3.63, 3.8) is 0 Å². The lowest BCUT2D eigenvalue weighted by atomic mass is 10.0. The first-order valence-corrected chi connectivity index (χ1v) is 11.8. The average Bonchev–Trinajstić information content (AvgIpc) is 2.66. The maximum atomic E-state index is 13.9. The number of ether oxygens (including phenoxy) is 2. The van der Waals surface area contributed by atoms with E-state index in [0.29, 0.717) is 18.8 Å². The van der Waals surface area contributed by atoms with Crippen molar-refractivity contribution < 1.29 is 23.6 Å². The molecule has 1 atom stereocenters. The van der Waals surface area contributed by atoms with Crippen LogP contribution in [0, 0.1) is 20.8 Å². The number of carbonyl (C=O) groups excluding carboxylic acids is 2. The maximum Gasteiger partial charge on any atom is 0.236 e. The molecule has 2 aromatic carbocycles. The largest absolute Gasteiger partial charge is 0.493 e. The second-order valence-corrected chi connectivity index (χ2v) is 9.86. The van der Waals surface area contributed by atoms with E-state index in [4.69, 9.17) is 9.47 Å². The zero-order valence-electron chi connectivity index (χ0n) is 18.0. The molecule has 0 saturated carbocycles. The third kappa shape index (κ3) is 4.45. The van der Waals surface area contributed by atoms with Crippen LogP contribution in [0.1, 0.15) is 58.2 Å².